The third kappa shape index (κ3) is 3.58. The van der Waals surface area contributed by atoms with E-state index < -0.39 is 0 Å². The summed E-state index contributed by atoms with van der Waals surface area (Å²) in [4.78, 5) is 11.9. The van der Waals surface area contributed by atoms with Crippen LogP contribution >= 0.6 is 0 Å². The average molecular weight is 254 g/mol. The van der Waals surface area contributed by atoms with E-state index >= 15 is 0 Å². The van der Waals surface area contributed by atoms with Crippen LogP contribution in [0, 0.1) is 6.92 Å². The molecule has 3 nitrogen and oxygen atoms in total. The zero-order valence-electron chi connectivity index (χ0n) is 11.0. The van der Waals surface area contributed by atoms with Crippen molar-refractivity contribution < 1.29 is 4.79 Å². The van der Waals surface area contributed by atoms with E-state index in [0.29, 0.717) is 12.1 Å². The lowest BCUT2D eigenvalue weighted by Gasteiger charge is -2.11. The van der Waals surface area contributed by atoms with Gasteiger partial charge in [-0.05, 0) is 30.5 Å². The van der Waals surface area contributed by atoms with Crippen molar-refractivity contribution in [3.63, 3.8) is 0 Å². The third-order valence-corrected chi connectivity index (χ3v) is 3.05. The van der Waals surface area contributed by atoms with Crippen LogP contribution in [0.2, 0.25) is 0 Å². The van der Waals surface area contributed by atoms with Crippen LogP contribution < -0.4 is 11.1 Å². The molecule has 0 spiro atoms. The van der Waals surface area contributed by atoms with Gasteiger partial charge in [0.2, 0.25) is 5.91 Å². The maximum Gasteiger partial charge on any atom is 0.224 e. The zero-order chi connectivity index (χ0) is 13.7. The van der Waals surface area contributed by atoms with Gasteiger partial charge in [-0.25, -0.2) is 0 Å². The van der Waals surface area contributed by atoms with Gasteiger partial charge in [0, 0.05) is 6.42 Å². The Bertz CT molecular complexity index is 544. The van der Waals surface area contributed by atoms with Crippen molar-refractivity contribution in [2.24, 2.45) is 0 Å². The number of hydrogen-bond acceptors (Lipinski definition) is 2. The molecule has 2 aromatic rings. The first-order chi connectivity index (χ1) is 9.16. The van der Waals surface area contributed by atoms with Gasteiger partial charge in [-0.15, -0.1) is 0 Å². The molecule has 0 saturated heterocycles. The number of carbonyl (C=O) groups is 1. The average Bonchev–Trinajstić information content (AvgIpc) is 2.42. The second-order valence-electron chi connectivity index (χ2n) is 4.57. The Morgan fingerprint density at radius 2 is 1.84 bits per heavy atom. The fourth-order valence-corrected chi connectivity index (χ4v) is 1.97. The molecule has 0 radical (unpaired) electrons. The van der Waals surface area contributed by atoms with Gasteiger partial charge in [-0.3, -0.25) is 4.79 Å². The van der Waals surface area contributed by atoms with Crippen molar-refractivity contribution in [2.45, 2.75) is 19.8 Å². The molecule has 0 unspecified atom stereocenters. The summed E-state index contributed by atoms with van der Waals surface area (Å²) < 4.78 is 0. The summed E-state index contributed by atoms with van der Waals surface area (Å²) in [5, 5.41) is 2.88. The van der Waals surface area contributed by atoms with Gasteiger partial charge in [0.05, 0.1) is 11.4 Å². The molecule has 2 rings (SSSR count). The van der Waals surface area contributed by atoms with Crippen LogP contribution in [0.3, 0.4) is 0 Å². The number of nitrogens with two attached hydrogens (primary N) is 1. The maximum absolute atomic E-state index is 11.9. The monoisotopic (exact) mass is 254 g/mol. The number of amides is 1. The molecule has 3 heteroatoms. The van der Waals surface area contributed by atoms with E-state index in [1.165, 1.54) is 0 Å². The molecule has 0 heterocycles. The van der Waals surface area contributed by atoms with Crippen molar-refractivity contribution in [1.82, 2.24) is 0 Å². The van der Waals surface area contributed by atoms with E-state index in [-0.39, 0.29) is 5.91 Å². The van der Waals surface area contributed by atoms with Crippen LogP contribution in [-0.2, 0) is 11.2 Å². The minimum absolute atomic E-state index is 0.00940. The Balaban J connectivity index is 1.95. The lowest BCUT2D eigenvalue weighted by molar-refractivity contribution is -0.116. The first-order valence-electron chi connectivity index (χ1n) is 6.35. The fraction of sp³-hybridized carbons (Fsp3) is 0.188. The van der Waals surface area contributed by atoms with E-state index in [9.17, 15) is 4.79 Å². The minimum atomic E-state index is -0.00940. The summed E-state index contributed by atoms with van der Waals surface area (Å²) in [6.45, 7) is 1.93. The van der Waals surface area contributed by atoms with Crippen molar-refractivity contribution >= 4 is 17.3 Å². The van der Waals surface area contributed by atoms with Gasteiger partial charge in [0.25, 0.3) is 0 Å². The molecule has 19 heavy (non-hydrogen) atoms. The number of rotatable bonds is 4. The summed E-state index contributed by atoms with van der Waals surface area (Å²) in [6, 6.07) is 15.6. The predicted octanol–water partition coefficient (Wildman–Crippen LogP) is 3.15. The number of carbonyl (C=O) groups excluding carboxylic acids is 1. The minimum Gasteiger partial charge on any atom is -0.397 e. The normalized spacial score (nSPS) is 10.2. The van der Waals surface area contributed by atoms with Crippen LogP contribution in [0.5, 0.6) is 0 Å². The van der Waals surface area contributed by atoms with Crippen molar-refractivity contribution in [2.75, 3.05) is 11.1 Å². The largest absolute Gasteiger partial charge is 0.397 e. The summed E-state index contributed by atoms with van der Waals surface area (Å²) in [5.41, 5.74) is 9.33. The molecule has 0 aliphatic carbocycles. The smallest absolute Gasteiger partial charge is 0.224 e. The topological polar surface area (TPSA) is 55.1 Å². The second-order valence-corrected chi connectivity index (χ2v) is 4.57. The van der Waals surface area contributed by atoms with Crippen molar-refractivity contribution in [1.29, 1.82) is 0 Å². The second kappa shape index (κ2) is 6.05. The Morgan fingerprint density at radius 1 is 1.11 bits per heavy atom. The molecule has 1 amide bonds. The number of hydrogen-bond donors (Lipinski definition) is 2. The number of anilines is 2. The lowest BCUT2D eigenvalue weighted by Crippen LogP contribution is -2.14. The van der Waals surface area contributed by atoms with E-state index in [1.807, 2.05) is 49.4 Å². The highest BCUT2D eigenvalue weighted by Crippen LogP contribution is 2.22. The number of aryl methyl sites for hydroxylation is 2. The van der Waals surface area contributed by atoms with Crippen LogP contribution in [0.1, 0.15) is 17.5 Å². The summed E-state index contributed by atoms with van der Waals surface area (Å²) >= 11 is 0. The van der Waals surface area contributed by atoms with Gasteiger partial charge in [0.1, 0.15) is 0 Å². The van der Waals surface area contributed by atoms with Crippen molar-refractivity contribution in [3.8, 4) is 0 Å². The first kappa shape index (κ1) is 13.1. The number of benzene rings is 2. The summed E-state index contributed by atoms with van der Waals surface area (Å²) in [5.74, 6) is -0.00940. The Kier molecular flexibility index (Phi) is 4.18. The highest BCUT2D eigenvalue weighted by Gasteiger charge is 2.07. The number of nitrogens with one attached hydrogen (secondary N) is 1. The lowest BCUT2D eigenvalue weighted by atomic mass is 10.1. The summed E-state index contributed by atoms with van der Waals surface area (Å²) in [7, 11) is 0. The Morgan fingerprint density at radius 3 is 2.53 bits per heavy atom. The highest BCUT2D eigenvalue weighted by atomic mass is 16.1. The Labute approximate surface area is 113 Å². The number of nitrogen functional groups attached to an aromatic ring is 1. The van der Waals surface area contributed by atoms with E-state index in [1.54, 1.807) is 6.07 Å². The summed E-state index contributed by atoms with van der Waals surface area (Å²) in [6.07, 6.45) is 1.19. The van der Waals surface area contributed by atoms with Gasteiger partial charge in [-0.1, -0.05) is 42.5 Å². The van der Waals surface area contributed by atoms with Crippen LogP contribution in [0.15, 0.2) is 48.5 Å². The van der Waals surface area contributed by atoms with Crippen LogP contribution in [0.25, 0.3) is 0 Å². The van der Waals surface area contributed by atoms with Crippen molar-refractivity contribution in [3.05, 3.63) is 59.7 Å². The quantitative estimate of drug-likeness (QED) is 0.823. The van der Waals surface area contributed by atoms with E-state index in [0.717, 1.165) is 23.2 Å². The molecule has 98 valence electrons. The fourth-order valence-electron chi connectivity index (χ4n) is 1.97. The molecule has 0 atom stereocenters. The zero-order valence-corrected chi connectivity index (χ0v) is 11.0. The molecule has 0 aromatic heterocycles. The maximum atomic E-state index is 11.9. The Hall–Kier alpha value is -2.29. The molecule has 0 fully saturated rings. The molecule has 0 saturated carbocycles. The molecule has 0 bridgehead atoms. The molecular formula is C16H18N2O. The molecular weight excluding hydrogens is 236 g/mol. The molecule has 3 N–H and O–H groups in total. The standard InChI is InChI=1S/C16H18N2O/c1-12-6-5-9-14(17)16(12)18-15(19)11-10-13-7-3-2-4-8-13/h2-9H,10-11,17H2,1H3,(H,18,19). The van der Waals surface area contributed by atoms with Crippen LogP contribution in [-0.4, -0.2) is 5.91 Å². The van der Waals surface area contributed by atoms with Gasteiger partial charge in [0.15, 0.2) is 0 Å². The third-order valence-electron chi connectivity index (χ3n) is 3.05. The molecule has 2 aromatic carbocycles. The highest BCUT2D eigenvalue weighted by molar-refractivity contribution is 5.94. The number of para-hydroxylation sites is 1. The predicted molar refractivity (Wildman–Crippen MR) is 79.0 cm³/mol. The van der Waals surface area contributed by atoms with Gasteiger partial charge < -0.3 is 11.1 Å². The first-order valence-corrected chi connectivity index (χ1v) is 6.35. The molecule has 0 aliphatic rings. The molecule has 0 aliphatic heterocycles. The van der Waals surface area contributed by atoms with Gasteiger partial charge in [-0.2, -0.15) is 0 Å². The SMILES string of the molecule is Cc1cccc(N)c1NC(=O)CCc1ccccc1. The van der Waals surface area contributed by atoms with E-state index in [4.69, 9.17) is 5.73 Å². The van der Waals surface area contributed by atoms with E-state index in [2.05, 4.69) is 5.32 Å². The van der Waals surface area contributed by atoms with Crippen LogP contribution in [0.4, 0.5) is 11.4 Å². The van der Waals surface area contributed by atoms with Gasteiger partial charge >= 0.3 is 0 Å².